The minimum atomic E-state index is -0.0114. The third-order valence-electron chi connectivity index (χ3n) is 14.0. The summed E-state index contributed by atoms with van der Waals surface area (Å²) in [5.41, 5.74) is 23.6. The van der Waals surface area contributed by atoms with Crippen LogP contribution in [0.2, 0.25) is 0 Å². The Morgan fingerprint density at radius 1 is 0.250 bits per heavy atom. The van der Waals surface area contributed by atoms with Crippen molar-refractivity contribution in [3.05, 3.63) is 254 Å². The Balaban J connectivity index is 0.946. The average molecular weight is 872 g/mol. The minimum Gasteiger partial charge on any atom is -0.311 e. The zero-order valence-corrected chi connectivity index (χ0v) is 37.9. The number of benzene rings is 10. The van der Waals surface area contributed by atoms with Gasteiger partial charge in [0.1, 0.15) is 0 Å². The lowest BCUT2D eigenvalue weighted by Gasteiger charge is -2.42. The van der Waals surface area contributed by atoms with Crippen LogP contribution in [0.25, 0.3) is 0 Å². The Morgan fingerprint density at radius 2 is 0.559 bits per heavy atom. The third kappa shape index (κ3) is 6.11. The fourth-order valence-electron chi connectivity index (χ4n) is 11.2. The van der Waals surface area contributed by atoms with Gasteiger partial charge in [-0.3, -0.25) is 0 Å². The van der Waals surface area contributed by atoms with Crippen LogP contribution in [0.4, 0.5) is 85.3 Å². The van der Waals surface area contributed by atoms with Gasteiger partial charge in [-0.2, -0.15) is 0 Å². The molecule has 0 unspecified atom stereocenters. The number of anilines is 15. The van der Waals surface area contributed by atoms with E-state index in [0.717, 1.165) is 68.2 Å². The molecule has 5 nitrogen and oxygen atoms in total. The maximum atomic E-state index is 2.48. The highest BCUT2D eigenvalue weighted by Crippen LogP contribution is 2.56. The molecule has 0 N–H and O–H groups in total. The Labute approximate surface area is 398 Å². The van der Waals surface area contributed by atoms with Crippen molar-refractivity contribution in [1.29, 1.82) is 0 Å². The molecule has 0 aliphatic carbocycles. The molecule has 0 atom stereocenters. The van der Waals surface area contributed by atoms with E-state index in [1.54, 1.807) is 0 Å². The molecule has 6 heteroatoms. The third-order valence-corrected chi connectivity index (χ3v) is 14.0. The number of aryl methyl sites for hydroxylation is 1. The lowest BCUT2D eigenvalue weighted by Crippen LogP contribution is -2.58. The molecule has 13 rings (SSSR count). The van der Waals surface area contributed by atoms with Crippen LogP contribution in [-0.2, 0) is 0 Å². The summed E-state index contributed by atoms with van der Waals surface area (Å²) in [5, 5.41) is 0. The largest absolute Gasteiger partial charge is 0.311 e. The summed E-state index contributed by atoms with van der Waals surface area (Å²) in [6.07, 6.45) is 0. The van der Waals surface area contributed by atoms with Crippen molar-refractivity contribution in [3.63, 3.8) is 0 Å². The minimum absolute atomic E-state index is 0.0114. The molecule has 68 heavy (non-hydrogen) atoms. The SMILES string of the molecule is Cc1ccc(N2c3ccccc3N(c3ccccc3)c3ccccc32)c(C)c1B1c2ccccc2N(c2cccc(N3c4ccccc4N(c4ccccc4)c4ccccc43)c2)c2ccccc21. The molecule has 0 fully saturated rings. The molecule has 3 aliphatic heterocycles. The first-order valence-corrected chi connectivity index (χ1v) is 23.5. The lowest BCUT2D eigenvalue weighted by atomic mass is 9.34. The fourth-order valence-corrected chi connectivity index (χ4v) is 11.2. The number of fused-ring (bicyclic) bond motifs is 6. The van der Waals surface area contributed by atoms with Crippen LogP contribution in [0.15, 0.2) is 243 Å². The first kappa shape index (κ1) is 39.6. The lowest BCUT2D eigenvalue weighted by molar-refractivity contribution is 1.16. The Bertz CT molecular complexity index is 3410. The van der Waals surface area contributed by atoms with Gasteiger partial charge in [0.05, 0.1) is 45.5 Å². The summed E-state index contributed by atoms with van der Waals surface area (Å²) in [7, 11) is 0. The van der Waals surface area contributed by atoms with Gasteiger partial charge < -0.3 is 24.5 Å². The van der Waals surface area contributed by atoms with Crippen LogP contribution in [-0.4, -0.2) is 6.71 Å². The quantitative estimate of drug-likeness (QED) is 0.154. The van der Waals surface area contributed by atoms with Gasteiger partial charge in [-0.15, -0.1) is 0 Å². The second-order valence-electron chi connectivity index (χ2n) is 17.8. The molecule has 0 radical (unpaired) electrons. The van der Waals surface area contributed by atoms with Crippen molar-refractivity contribution in [2.24, 2.45) is 0 Å². The van der Waals surface area contributed by atoms with Crippen molar-refractivity contribution in [3.8, 4) is 0 Å². The molecule has 0 aromatic heterocycles. The molecular weight excluding hydrogens is 826 g/mol. The molecular formula is C62H46BN5. The van der Waals surface area contributed by atoms with Crippen molar-refractivity contribution in [2.75, 3.05) is 24.5 Å². The van der Waals surface area contributed by atoms with Crippen LogP contribution in [0.5, 0.6) is 0 Å². The summed E-state index contributed by atoms with van der Waals surface area (Å²) < 4.78 is 0. The van der Waals surface area contributed by atoms with Crippen molar-refractivity contribution >= 4 is 108 Å². The van der Waals surface area contributed by atoms with E-state index < -0.39 is 0 Å². The predicted molar refractivity (Wildman–Crippen MR) is 288 cm³/mol. The average Bonchev–Trinajstić information content (AvgIpc) is 3.40. The van der Waals surface area contributed by atoms with Gasteiger partial charge >= 0.3 is 0 Å². The maximum Gasteiger partial charge on any atom is 0.247 e. The molecule has 3 heterocycles. The molecule has 0 saturated carbocycles. The van der Waals surface area contributed by atoms with Crippen LogP contribution in [0, 0.1) is 13.8 Å². The van der Waals surface area contributed by atoms with E-state index in [1.165, 1.54) is 44.6 Å². The Morgan fingerprint density at radius 3 is 0.971 bits per heavy atom. The van der Waals surface area contributed by atoms with E-state index >= 15 is 0 Å². The fraction of sp³-hybridized carbons (Fsp3) is 0.0323. The van der Waals surface area contributed by atoms with E-state index in [9.17, 15) is 0 Å². The molecule has 322 valence electrons. The van der Waals surface area contributed by atoms with Crippen LogP contribution in [0.1, 0.15) is 11.1 Å². The molecule has 0 bridgehead atoms. The zero-order valence-electron chi connectivity index (χ0n) is 37.9. The highest BCUT2D eigenvalue weighted by atomic mass is 15.3. The van der Waals surface area contributed by atoms with Gasteiger partial charge in [0, 0.05) is 39.8 Å². The summed E-state index contributed by atoms with van der Waals surface area (Å²) >= 11 is 0. The summed E-state index contributed by atoms with van der Waals surface area (Å²) in [6.45, 7) is 4.61. The normalized spacial score (nSPS) is 13.3. The van der Waals surface area contributed by atoms with Crippen molar-refractivity contribution in [2.45, 2.75) is 13.8 Å². The standard InChI is InChI=1S/C62H46BN5/c1-43-40-41-51(68-60-38-19-17-36-58(60)65(46-24-7-4-8-25-46)59-37-18-20-39-61(59)68)44(2)62(43)63-49-28-9-11-30-52(49)66(53-31-12-10-29-50(53)63)47-26-21-27-48(42-47)67-56-34-15-13-32-54(56)64(45-22-5-3-6-23-45)55-33-14-16-35-57(55)67/h3-42H,1-2H3. The van der Waals surface area contributed by atoms with Gasteiger partial charge in [-0.05, 0) is 140 Å². The predicted octanol–water partition coefficient (Wildman–Crippen LogP) is 15.1. The van der Waals surface area contributed by atoms with Gasteiger partial charge in [-0.25, -0.2) is 0 Å². The van der Waals surface area contributed by atoms with Gasteiger partial charge in [0.15, 0.2) is 0 Å². The van der Waals surface area contributed by atoms with Gasteiger partial charge in [0.2, 0.25) is 6.71 Å². The number of para-hydroxylation sites is 12. The molecule has 10 aromatic rings. The number of hydrogen-bond donors (Lipinski definition) is 0. The number of rotatable bonds is 6. The van der Waals surface area contributed by atoms with E-state index in [1.807, 2.05) is 0 Å². The van der Waals surface area contributed by atoms with Gasteiger partial charge in [-0.1, -0.05) is 144 Å². The summed E-state index contributed by atoms with van der Waals surface area (Å²) in [6, 6.07) is 88.3. The first-order chi connectivity index (χ1) is 33.6. The van der Waals surface area contributed by atoms with Crippen molar-refractivity contribution in [1.82, 2.24) is 0 Å². The monoisotopic (exact) mass is 871 g/mol. The van der Waals surface area contributed by atoms with Crippen LogP contribution in [0.3, 0.4) is 0 Å². The Kier molecular flexibility index (Phi) is 9.32. The Hall–Kier alpha value is -8.74. The molecule has 10 aromatic carbocycles. The summed E-state index contributed by atoms with van der Waals surface area (Å²) in [4.78, 5) is 12.2. The molecule has 0 saturated heterocycles. The van der Waals surface area contributed by atoms with E-state index in [2.05, 4.69) is 281 Å². The maximum absolute atomic E-state index is 2.48. The van der Waals surface area contributed by atoms with E-state index in [-0.39, 0.29) is 6.71 Å². The van der Waals surface area contributed by atoms with Crippen molar-refractivity contribution < 1.29 is 0 Å². The smallest absolute Gasteiger partial charge is 0.247 e. The summed E-state index contributed by atoms with van der Waals surface area (Å²) in [5.74, 6) is 0. The molecule has 0 amide bonds. The second kappa shape index (κ2) is 16.0. The topological polar surface area (TPSA) is 16.2 Å². The zero-order chi connectivity index (χ0) is 45.3. The van der Waals surface area contributed by atoms with Crippen LogP contribution < -0.4 is 40.9 Å². The first-order valence-electron chi connectivity index (χ1n) is 23.5. The highest BCUT2D eigenvalue weighted by molar-refractivity contribution is 6.98. The second-order valence-corrected chi connectivity index (χ2v) is 17.8. The molecule has 3 aliphatic rings. The van der Waals surface area contributed by atoms with Gasteiger partial charge in [0.25, 0.3) is 0 Å². The highest BCUT2D eigenvalue weighted by Gasteiger charge is 2.39. The molecule has 0 spiro atoms. The van der Waals surface area contributed by atoms with Crippen LogP contribution >= 0.6 is 0 Å². The van der Waals surface area contributed by atoms with E-state index in [0.29, 0.717) is 0 Å². The van der Waals surface area contributed by atoms with E-state index in [4.69, 9.17) is 0 Å². The number of nitrogens with zero attached hydrogens (tertiary/aromatic N) is 5. The number of hydrogen-bond acceptors (Lipinski definition) is 5.